The molecule has 1 unspecified atom stereocenters. The molecule has 1 aliphatic carbocycles. The standard InChI is InChI=1S/C29H35N3O3/c1-29(2)17-22-27(24(33)18-29)28(20-11-5-8-14-25(20)35-3)32(23-13-7-6-12-21(23)30-22)19-26(34)31-15-9-4-10-16-31/h5-8,11-14,28,30H,4,9-10,15-19H2,1-3H3. The monoisotopic (exact) mass is 473 g/mol. The second-order valence-electron chi connectivity index (χ2n) is 10.7. The molecule has 6 heteroatoms. The fourth-order valence-electron chi connectivity index (χ4n) is 5.83. The predicted octanol–water partition coefficient (Wildman–Crippen LogP) is 5.32. The first-order chi connectivity index (χ1) is 16.9. The highest BCUT2D eigenvalue weighted by Gasteiger charge is 2.43. The minimum Gasteiger partial charge on any atom is -0.496 e. The summed E-state index contributed by atoms with van der Waals surface area (Å²) in [4.78, 5) is 31.5. The van der Waals surface area contributed by atoms with E-state index in [0.29, 0.717) is 6.42 Å². The summed E-state index contributed by atoms with van der Waals surface area (Å²) >= 11 is 0. The van der Waals surface area contributed by atoms with Gasteiger partial charge in [0.25, 0.3) is 0 Å². The molecule has 3 aliphatic rings. The van der Waals surface area contributed by atoms with Crippen LogP contribution in [0.3, 0.4) is 0 Å². The zero-order valence-corrected chi connectivity index (χ0v) is 21.0. The van der Waals surface area contributed by atoms with Gasteiger partial charge in [0, 0.05) is 36.3 Å². The Morgan fingerprint density at radius 2 is 1.74 bits per heavy atom. The number of benzene rings is 2. The maximum absolute atomic E-state index is 13.8. The summed E-state index contributed by atoms with van der Waals surface area (Å²) < 4.78 is 5.78. The van der Waals surface area contributed by atoms with E-state index in [2.05, 4.69) is 24.1 Å². The number of amides is 1. The van der Waals surface area contributed by atoms with Crippen molar-refractivity contribution in [2.45, 2.75) is 52.0 Å². The van der Waals surface area contributed by atoms with Crippen molar-refractivity contribution in [3.05, 3.63) is 65.4 Å². The van der Waals surface area contributed by atoms with Crippen molar-refractivity contribution in [1.29, 1.82) is 0 Å². The number of ketones is 1. The summed E-state index contributed by atoms with van der Waals surface area (Å²) in [5, 5.41) is 3.62. The molecule has 1 amide bonds. The normalized spacial score (nSPS) is 21.6. The quantitative estimate of drug-likeness (QED) is 0.651. The molecule has 2 heterocycles. The van der Waals surface area contributed by atoms with Crippen molar-refractivity contribution in [1.82, 2.24) is 4.90 Å². The highest BCUT2D eigenvalue weighted by Crippen LogP contribution is 2.49. The van der Waals surface area contributed by atoms with Crippen molar-refractivity contribution < 1.29 is 14.3 Å². The van der Waals surface area contributed by atoms with Gasteiger partial charge in [0.15, 0.2) is 5.78 Å². The first kappa shape index (κ1) is 23.5. The molecule has 2 aromatic rings. The molecule has 35 heavy (non-hydrogen) atoms. The number of hydrogen-bond acceptors (Lipinski definition) is 5. The molecule has 0 saturated carbocycles. The zero-order valence-electron chi connectivity index (χ0n) is 21.0. The minimum absolute atomic E-state index is 0.104. The molecule has 2 aromatic carbocycles. The van der Waals surface area contributed by atoms with E-state index in [1.165, 1.54) is 6.42 Å². The van der Waals surface area contributed by atoms with Gasteiger partial charge in [-0.25, -0.2) is 0 Å². The van der Waals surface area contributed by atoms with E-state index >= 15 is 0 Å². The van der Waals surface area contributed by atoms with Gasteiger partial charge in [-0.15, -0.1) is 0 Å². The van der Waals surface area contributed by atoms with E-state index in [0.717, 1.165) is 66.3 Å². The SMILES string of the molecule is COc1ccccc1C1C2=C(CC(C)(C)CC2=O)Nc2ccccc2N1CC(=O)N1CCCCC1. The van der Waals surface area contributed by atoms with Gasteiger partial charge in [0.2, 0.25) is 5.91 Å². The summed E-state index contributed by atoms with van der Waals surface area (Å²) in [6.07, 6.45) is 4.50. The zero-order chi connectivity index (χ0) is 24.6. The summed E-state index contributed by atoms with van der Waals surface area (Å²) in [6, 6.07) is 15.5. The lowest BCUT2D eigenvalue weighted by atomic mass is 9.73. The number of Topliss-reactive ketones (excluding diaryl/α,β-unsaturated/α-hetero) is 1. The smallest absolute Gasteiger partial charge is 0.242 e. The average Bonchev–Trinajstić information content (AvgIpc) is 2.98. The van der Waals surface area contributed by atoms with Gasteiger partial charge in [0.05, 0.1) is 31.1 Å². The molecular formula is C29H35N3O3. The minimum atomic E-state index is -0.422. The van der Waals surface area contributed by atoms with Gasteiger partial charge in [-0.3, -0.25) is 9.59 Å². The van der Waals surface area contributed by atoms with Crippen molar-refractivity contribution in [3.63, 3.8) is 0 Å². The number of piperidine rings is 1. The van der Waals surface area contributed by atoms with Crippen molar-refractivity contribution in [3.8, 4) is 5.75 Å². The molecule has 5 rings (SSSR count). The molecule has 2 aliphatic heterocycles. The van der Waals surface area contributed by atoms with E-state index in [1.807, 2.05) is 53.4 Å². The number of hydrogen-bond donors (Lipinski definition) is 1. The number of nitrogens with one attached hydrogen (secondary N) is 1. The van der Waals surface area contributed by atoms with Crippen LogP contribution in [0.25, 0.3) is 0 Å². The summed E-state index contributed by atoms with van der Waals surface area (Å²) in [6.45, 7) is 6.08. The summed E-state index contributed by atoms with van der Waals surface area (Å²) in [5.41, 5.74) is 4.31. The van der Waals surface area contributed by atoms with E-state index in [4.69, 9.17) is 4.74 Å². The molecule has 1 fully saturated rings. The van der Waals surface area contributed by atoms with Crippen LogP contribution in [0.4, 0.5) is 11.4 Å². The van der Waals surface area contributed by atoms with Crippen LogP contribution in [0, 0.1) is 5.41 Å². The second kappa shape index (κ2) is 9.40. The maximum Gasteiger partial charge on any atom is 0.242 e. The molecular weight excluding hydrogens is 438 g/mol. The van der Waals surface area contributed by atoms with Crippen LogP contribution in [-0.4, -0.2) is 43.3 Å². The van der Waals surface area contributed by atoms with Gasteiger partial charge < -0.3 is 19.9 Å². The fraction of sp³-hybridized carbons (Fsp3) is 0.448. The third-order valence-electron chi connectivity index (χ3n) is 7.45. The van der Waals surface area contributed by atoms with E-state index in [9.17, 15) is 9.59 Å². The van der Waals surface area contributed by atoms with Gasteiger partial charge >= 0.3 is 0 Å². The Morgan fingerprint density at radius 3 is 2.51 bits per heavy atom. The van der Waals surface area contributed by atoms with Crippen molar-refractivity contribution in [2.24, 2.45) is 5.41 Å². The Hall–Kier alpha value is -3.28. The van der Waals surface area contributed by atoms with Crippen LogP contribution >= 0.6 is 0 Å². The molecule has 6 nitrogen and oxygen atoms in total. The van der Waals surface area contributed by atoms with Gasteiger partial charge in [-0.05, 0) is 49.3 Å². The molecule has 1 atom stereocenters. The lowest BCUT2D eigenvalue weighted by molar-refractivity contribution is -0.130. The van der Waals surface area contributed by atoms with E-state index in [1.54, 1.807) is 7.11 Å². The van der Waals surface area contributed by atoms with Crippen LogP contribution in [0.2, 0.25) is 0 Å². The van der Waals surface area contributed by atoms with Gasteiger partial charge in [-0.1, -0.05) is 44.2 Å². The van der Waals surface area contributed by atoms with Crippen LogP contribution in [0.15, 0.2) is 59.8 Å². The third-order valence-corrected chi connectivity index (χ3v) is 7.45. The van der Waals surface area contributed by atoms with E-state index in [-0.39, 0.29) is 23.7 Å². The largest absolute Gasteiger partial charge is 0.496 e. The molecule has 1 N–H and O–H groups in total. The Labute approximate surface area is 207 Å². The average molecular weight is 474 g/mol. The topological polar surface area (TPSA) is 61.9 Å². The number of nitrogens with zero attached hydrogens (tertiary/aromatic N) is 2. The molecule has 1 saturated heterocycles. The van der Waals surface area contributed by atoms with Gasteiger partial charge in [-0.2, -0.15) is 0 Å². The Bertz CT molecular complexity index is 1160. The lowest BCUT2D eigenvalue weighted by Crippen LogP contribution is -2.45. The van der Waals surface area contributed by atoms with Crippen molar-refractivity contribution in [2.75, 3.05) is 37.0 Å². The summed E-state index contributed by atoms with van der Waals surface area (Å²) in [5.74, 6) is 0.951. The van der Waals surface area contributed by atoms with Crippen molar-refractivity contribution >= 4 is 23.1 Å². The van der Waals surface area contributed by atoms with E-state index < -0.39 is 6.04 Å². The molecule has 0 bridgehead atoms. The first-order valence-corrected chi connectivity index (χ1v) is 12.7. The number of anilines is 2. The highest BCUT2D eigenvalue weighted by molar-refractivity contribution is 6.02. The van der Waals surface area contributed by atoms with Crippen LogP contribution in [0.1, 0.15) is 57.6 Å². The number of methoxy groups -OCH3 is 1. The fourth-order valence-corrected chi connectivity index (χ4v) is 5.83. The Kier molecular flexibility index (Phi) is 6.30. The molecule has 184 valence electrons. The number of carbonyl (C=O) groups is 2. The number of likely N-dealkylation sites (tertiary alicyclic amines) is 1. The van der Waals surface area contributed by atoms with Crippen LogP contribution in [0.5, 0.6) is 5.75 Å². The summed E-state index contributed by atoms with van der Waals surface area (Å²) in [7, 11) is 1.66. The maximum atomic E-state index is 13.8. The molecule has 0 spiro atoms. The van der Waals surface area contributed by atoms with Gasteiger partial charge in [0.1, 0.15) is 5.75 Å². The lowest BCUT2D eigenvalue weighted by Gasteiger charge is -2.39. The Morgan fingerprint density at radius 1 is 1.03 bits per heavy atom. The van der Waals surface area contributed by atoms with Crippen LogP contribution in [-0.2, 0) is 9.59 Å². The number of allylic oxidation sites excluding steroid dienone is 1. The Balaban J connectivity index is 1.69. The second-order valence-corrected chi connectivity index (χ2v) is 10.7. The highest BCUT2D eigenvalue weighted by atomic mass is 16.5. The predicted molar refractivity (Wildman–Crippen MR) is 139 cm³/mol. The third kappa shape index (κ3) is 4.54. The number of fused-ring (bicyclic) bond motifs is 1. The number of ether oxygens (including phenoxy) is 1. The van der Waals surface area contributed by atoms with Crippen LogP contribution < -0.4 is 15.0 Å². The molecule has 0 radical (unpaired) electrons. The number of rotatable bonds is 4. The number of para-hydroxylation sites is 3. The number of carbonyl (C=O) groups excluding carboxylic acids is 2. The first-order valence-electron chi connectivity index (χ1n) is 12.7. The molecule has 0 aromatic heterocycles.